The van der Waals surface area contributed by atoms with E-state index in [0.717, 1.165) is 12.8 Å². The normalized spacial score (nSPS) is 33.7. The molecule has 0 amide bonds. The molecule has 0 unspecified atom stereocenters. The first kappa shape index (κ1) is 9.20. The van der Waals surface area contributed by atoms with Gasteiger partial charge in [0.2, 0.25) is 0 Å². The van der Waals surface area contributed by atoms with Crippen LogP contribution in [0.15, 0.2) is 0 Å². The summed E-state index contributed by atoms with van der Waals surface area (Å²) in [7, 11) is -4.05. The molecule has 0 heterocycles. The molecule has 1 aliphatic rings. The van der Waals surface area contributed by atoms with Crippen LogP contribution in [0.1, 0.15) is 25.7 Å². The first-order valence-corrected chi connectivity index (χ1v) is 5.43. The van der Waals surface area contributed by atoms with Crippen molar-refractivity contribution in [2.75, 3.05) is 0 Å². The maximum atomic E-state index is 10.7. The molecule has 1 rings (SSSR count). The molecule has 0 aromatic heterocycles. The summed E-state index contributed by atoms with van der Waals surface area (Å²) in [6.07, 6.45) is 1.86. The van der Waals surface area contributed by atoms with Crippen LogP contribution in [0.4, 0.5) is 0 Å². The Morgan fingerprint density at radius 2 is 1.73 bits per heavy atom. The lowest BCUT2D eigenvalue weighted by Crippen LogP contribution is -2.29. The Morgan fingerprint density at radius 3 is 2.09 bits per heavy atom. The van der Waals surface area contributed by atoms with Crippen molar-refractivity contribution in [1.29, 1.82) is 0 Å². The highest BCUT2D eigenvalue weighted by atomic mass is 31.2. The zero-order chi connectivity index (χ0) is 8.48. The van der Waals surface area contributed by atoms with Gasteiger partial charge >= 0.3 is 7.60 Å². The summed E-state index contributed by atoms with van der Waals surface area (Å²) >= 11 is 0. The van der Waals surface area contributed by atoms with Gasteiger partial charge in [0.1, 0.15) is 0 Å². The van der Waals surface area contributed by atoms with Crippen LogP contribution in [0.2, 0.25) is 0 Å². The highest BCUT2D eigenvalue weighted by molar-refractivity contribution is 7.52. The molecular formula is C6H13O4P. The summed E-state index contributed by atoms with van der Waals surface area (Å²) in [5.74, 6) is 0. The van der Waals surface area contributed by atoms with Gasteiger partial charge in [-0.15, -0.1) is 0 Å². The molecule has 66 valence electrons. The molecular weight excluding hydrogens is 167 g/mol. The summed E-state index contributed by atoms with van der Waals surface area (Å²) in [5, 5.41) is 9.21. The second-order valence-electron chi connectivity index (χ2n) is 3.01. The fourth-order valence-electron chi connectivity index (χ4n) is 1.48. The van der Waals surface area contributed by atoms with Crippen LogP contribution in [-0.4, -0.2) is 26.7 Å². The molecule has 2 atom stereocenters. The second-order valence-corrected chi connectivity index (χ2v) is 4.85. The van der Waals surface area contributed by atoms with Gasteiger partial charge in [-0.1, -0.05) is 12.8 Å². The number of hydrogen-bond acceptors (Lipinski definition) is 2. The molecule has 0 aromatic rings. The average molecular weight is 180 g/mol. The minimum absolute atomic E-state index is 0.450. The molecule has 0 spiro atoms. The third-order valence-electron chi connectivity index (χ3n) is 2.13. The van der Waals surface area contributed by atoms with Gasteiger partial charge < -0.3 is 14.9 Å². The lowest BCUT2D eigenvalue weighted by molar-refractivity contribution is 0.122. The molecule has 0 aromatic carbocycles. The van der Waals surface area contributed by atoms with Gasteiger partial charge in [0.05, 0.1) is 11.8 Å². The third-order valence-corrected chi connectivity index (χ3v) is 3.59. The zero-order valence-corrected chi connectivity index (χ0v) is 7.07. The van der Waals surface area contributed by atoms with Crippen LogP contribution in [0.3, 0.4) is 0 Å². The Morgan fingerprint density at radius 1 is 1.18 bits per heavy atom. The molecule has 5 heteroatoms. The molecule has 1 saturated carbocycles. The van der Waals surface area contributed by atoms with Crippen LogP contribution in [0.25, 0.3) is 0 Å². The predicted octanol–water partition coefficient (Wildman–Crippen LogP) is 0.468. The predicted molar refractivity (Wildman–Crippen MR) is 40.3 cm³/mol. The fourth-order valence-corrected chi connectivity index (χ4v) is 2.60. The first-order chi connectivity index (χ1) is 5.02. The maximum Gasteiger partial charge on any atom is 0.331 e. The second kappa shape index (κ2) is 3.23. The molecule has 1 fully saturated rings. The molecule has 11 heavy (non-hydrogen) atoms. The third kappa shape index (κ3) is 2.27. The average Bonchev–Trinajstić information content (AvgIpc) is 1.86. The van der Waals surface area contributed by atoms with Crippen molar-refractivity contribution in [1.82, 2.24) is 0 Å². The summed E-state index contributed by atoms with van der Waals surface area (Å²) < 4.78 is 10.7. The van der Waals surface area contributed by atoms with Gasteiger partial charge in [0.15, 0.2) is 0 Å². The monoisotopic (exact) mass is 180 g/mol. The maximum absolute atomic E-state index is 10.7. The van der Waals surface area contributed by atoms with E-state index >= 15 is 0 Å². The number of aliphatic hydroxyl groups excluding tert-OH is 1. The van der Waals surface area contributed by atoms with E-state index in [1.807, 2.05) is 0 Å². The summed E-state index contributed by atoms with van der Waals surface area (Å²) in [6, 6.07) is 0. The van der Waals surface area contributed by atoms with Crippen LogP contribution < -0.4 is 0 Å². The van der Waals surface area contributed by atoms with Crippen LogP contribution >= 0.6 is 7.60 Å². The lowest BCUT2D eigenvalue weighted by atomic mass is 9.97. The summed E-state index contributed by atoms with van der Waals surface area (Å²) in [6.45, 7) is 0. The van der Waals surface area contributed by atoms with E-state index in [2.05, 4.69) is 0 Å². The van der Waals surface area contributed by atoms with E-state index < -0.39 is 19.4 Å². The van der Waals surface area contributed by atoms with Gasteiger partial charge in [-0.3, -0.25) is 4.57 Å². The number of hydrogen-bond donors (Lipinski definition) is 3. The molecule has 3 N–H and O–H groups in total. The fraction of sp³-hybridized carbons (Fsp3) is 1.00. The van der Waals surface area contributed by atoms with E-state index in [1.54, 1.807) is 0 Å². The van der Waals surface area contributed by atoms with E-state index in [0.29, 0.717) is 12.8 Å². The molecule has 0 aliphatic heterocycles. The van der Waals surface area contributed by atoms with Gasteiger partial charge in [0.25, 0.3) is 0 Å². The van der Waals surface area contributed by atoms with E-state index in [4.69, 9.17) is 9.79 Å². The van der Waals surface area contributed by atoms with Gasteiger partial charge in [0, 0.05) is 0 Å². The molecule has 0 saturated heterocycles. The van der Waals surface area contributed by atoms with Crippen molar-refractivity contribution in [3.8, 4) is 0 Å². The Hall–Kier alpha value is 0.110. The highest BCUT2D eigenvalue weighted by Gasteiger charge is 2.36. The number of rotatable bonds is 1. The largest absolute Gasteiger partial charge is 0.392 e. The van der Waals surface area contributed by atoms with Crippen LogP contribution in [0.5, 0.6) is 0 Å². The van der Waals surface area contributed by atoms with Crippen molar-refractivity contribution in [2.45, 2.75) is 37.4 Å². The number of aliphatic hydroxyl groups is 1. The van der Waals surface area contributed by atoms with Crippen molar-refractivity contribution in [2.24, 2.45) is 0 Å². The van der Waals surface area contributed by atoms with E-state index in [9.17, 15) is 9.67 Å². The minimum Gasteiger partial charge on any atom is -0.392 e. The Bertz CT molecular complexity index is 175. The van der Waals surface area contributed by atoms with Gasteiger partial charge in [-0.2, -0.15) is 0 Å². The van der Waals surface area contributed by atoms with E-state index in [-0.39, 0.29) is 0 Å². The molecule has 1 aliphatic carbocycles. The topological polar surface area (TPSA) is 77.8 Å². The quantitative estimate of drug-likeness (QED) is 0.512. The van der Waals surface area contributed by atoms with E-state index in [1.165, 1.54) is 0 Å². The smallest absolute Gasteiger partial charge is 0.331 e. The van der Waals surface area contributed by atoms with Crippen molar-refractivity contribution in [3.63, 3.8) is 0 Å². The minimum atomic E-state index is -4.05. The van der Waals surface area contributed by atoms with Gasteiger partial charge in [-0.25, -0.2) is 0 Å². The molecule has 4 nitrogen and oxygen atoms in total. The standard InChI is InChI=1S/C6H13O4P/c7-5-3-1-2-4-6(5)11(8,9)10/h5-7H,1-4H2,(H2,8,9,10)/t5-,6+/m1/s1. The van der Waals surface area contributed by atoms with Crippen LogP contribution in [0, 0.1) is 0 Å². The lowest BCUT2D eigenvalue weighted by Gasteiger charge is -2.27. The highest BCUT2D eigenvalue weighted by Crippen LogP contribution is 2.47. The Kier molecular flexibility index (Phi) is 2.70. The first-order valence-electron chi connectivity index (χ1n) is 3.75. The Balaban J connectivity index is 2.62. The summed E-state index contributed by atoms with van der Waals surface area (Å²) in [4.78, 5) is 17.5. The van der Waals surface area contributed by atoms with Crippen molar-refractivity contribution < 1.29 is 19.5 Å². The van der Waals surface area contributed by atoms with Gasteiger partial charge in [-0.05, 0) is 12.8 Å². The SMILES string of the molecule is O=P(O)(O)[C@H]1CCCC[C@H]1O. The van der Waals surface area contributed by atoms with Crippen molar-refractivity contribution >= 4 is 7.60 Å². The molecule has 0 radical (unpaired) electrons. The summed E-state index contributed by atoms with van der Waals surface area (Å²) in [5.41, 5.74) is -0.809. The zero-order valence-electron chi connectivity index (χ0n) is 6.18. The van der Waals surface area contributed by atoms with Crippen molar-refractivity contribution in [3.05, 3.63) is 0 Å². The van der Waals surface area contributed by atoms with Crippen LogP contribution in [-0.2, 0) is 4.57 Å². The Labute approximate surface area is 65.4 Å². The molecule has 0 bridgehead atoms.